The van der Waals surface area contributed by atoms with Crippen molar-refractivity contribution in [2.24, 2.45) is 0 Å². The van der Waals surface area contributed by atoms with Crippen LogP contribution in [-0.4, -0.2) is 13.2 Å². The average molecular weight is 212 g/mol. The van der Waals surface area contributed by atoms with Crippen molar-refractivity contribution in [3.63, 3.8) is 0 Å². The van der Waals surface area contributed by atoms with Crippen molar-refractivity contribution < 1.29 is 49.1 Å². The van der Waals surface area contributed by atoms with Crippen molar-refractivity contribution in [2.75, 3.05) is 13.2 Å². The predicted molar refractivity (Wildman–Crippen MR) is 23.3 cm³/mol. The van der Waals surface area contributed by atoms with Crippen LogP contribution in [0.1, 0.15) is 13.8 Å². The van der Waals surface area contributed by atoms with Crippen LogP contribution in [0.2, 0.25) is 0 Å². The van der Waals surface area contributed by atoms with E-state index in [2.05, 4.69) is 0 Å². The molecule has 0 aromatic heterocycles. The minimum absolute atomic E-state index is 0. The van der Waals surface area contributed by atoms with E-state index in [0.717, 1.165) is 13.2 Å². The Morgan fingerprint density at radius 2 is 1.33 bits per heavy atom. The van der Waals surface area contributed by atoms with Gasteiger partial charge in [-0.3, -0.25) is 0 Å². The standard InChI is InChI=1S/2C2H5O.2ClH.V/c2*1-2-3;;;/h2*2H2,1H3;2*1H;/q2*-1;;;+4/p-2. The number of hydrogen-bond donors (Lipinski definition) is 0. The van der Waals surface area contributed by atoms with Gasteiger partial charge in [0.15, 0.2) is 0 Å². The maximum absolute atomic E-state index is 4.95. The predicted octanol–water partition coefficient (Wildman–Crippen LogP) is -5.02. The van der Waals surface area contributed by atoms with E-state index in [0.29, 0.717) is 0 Å². The Labute approximate surface area is 76.3 Å². The molecule has 0 fully saturated rings. The molecule has 0 radical (unpaired) electrons. The Morgan fingerprint density at radius 1 is 1.00 bits per heavy atom. The third-order valence-electron chi connectivity index (χ3n) is 0.364. The van der Waals surface area contributed by atoms with Gasteiger partial charge in [0.05, 0.1) is 0 Å². The molecule has 0 aliphatic heterocycles. The summed E-state index contributed by atoms with van der Waals surface area (Å²) in [5.41, 5.74) is 0. The normalized spacial score (nSPS) is 6.44. The van der Waals surface area contributed by atoms with Crippen LogP contribution in [0.4, 0.5) is 0 Å². The molecular formula is C4H10Cl2O2V. The number of hydrogen-bond acceptors (Lipinski definition) is 2. The molecule has 57 valence electrons. The molecule has 0 aromatic carbocycles. The van der Waals surface area contributed by atoms with Gasteiger partial charge in [-0.2, -0.15) is 0 Å². The summed E-state index contributed by atoms with van der Waals surface area (Å²) in [6.45, 7) is 5.49. The van der Waals surface area contributed by atoms with Gasteiger partial charge in [0.2, 0.25) is 0 Å². The number of halogens is 2. The molecule has 0 aliphatic carbocycles. The Morgan fingerprint density at radius 3 is 1.56 bits per heavy atom. The fourth-order valence-electron chi connectivity index (χ4n) is 0.143. The van der Waals surface area contributed by atoms with Gasteiger partial charge in [0, 0.05) is 0 Å². The van der Waals surface area contributed by atoms with E-state index >= 15 is 0 Å². The minimum Gasteiger partial charge on any atom is -1.00 e. The summed E-state index contributed by atoms with van der Waals surface area (Å²) in [6, 6.07) is 0. The summed E-state index contributed by atoms with van der Waals surface area (Å²) in [7, 11) is 0. The summed E-state index contributed by atoms with van der Waals surface area (Å²) >= 11 is -0.255. The maximum atomic E-state index is 4.95. The molecule has 5 heteroatoms. The Hall–Kier alpha value is 1.08. The fraction of sp³-hybridized carbons (Fsp3) is 1.00. The van der Waals surface area contributed by atoms with Gasteiger partial charge < -0.3 is 24.8 Å². The first kappa shape index (κ1) is 16.6. The quantitative estimate of drug-likeness (QED) is 0.434. The topological polar surface area (TPSA) is 18.5 Å². The van der Waals surface area contributed by atoms with Gasteiger partial charge in [0.25, 0.3) is 0 Å². The van der Waals surface area contributed by atoms with E-state index in [4.69, 9.17) is 7.32 Å². The molecule has 0 aromatic rings. The summed E-state index contributed by atoms with van der Waals surface area (Å²) in [4.78, 5) is 0. The van der Waals surface area contributed by atoms with Crippen molar-refractivity contribution >= 4 is 0 Å². The van der Waals surface area contributed by atoms with Gasteiger partial charge >= 0.3 is 51.4 Å². The largest absolute Gasteiger partial charge is 1.00 e. The summed E-state index contributed by atoms with van der Waals surface area (Å²) in [5.74, 6) is 0. The summed E-state index contributed by atoms with van der Waals surface area (Å²) in [6.07, 6.45) is 0. The first-order valence-electron chi connectivity index (χ1n) is 2.36. The van der Waals surface area contributed by atoms with Crippen LogP contribution in [0.25, 0.3) is 0 Å². The molecule has 0 saturated carbocycles. The van der Waals surface area contributed by atoms with E-state index in [1.54, 1.807) is 0 Å². The van der Waals surface area contributed by atoms with E-state index in [9.17, 15) is 0 Å². The second-order valence-electron chi connectivity index (χ2n) is 0.910. The Bertz CT molecular complexity index is 35.7. The number of rotatable bonds is 4. The summed E-state index contributed by atoms with van der Waals surface area (Å²) < 4.78 is 9.89. The van der Waals surface area contributed by atoms with Gasteiger partial charge in [-0.1, -0.05) is 0 Å². The van der Waals surface area contributed by atoms with Crippen LogP contribution in [0.3, 0.4) is 0 Å². The van der Waals surface area contributed by atoms with Crippen LogP contribution in [-0.2, 0) is 24.3 Å². The molecule has 0 bridgehead atoms. The molecule has 0 atom stereocenters. The first-order chi connectivity index (χ1) is 3.41. The van der Waals surface area contributed by atoms with Crippen LogP contribution < -0.4 is 24.8 Å². The zero-order chi connectivity index (χ0) is 5.54. The van der Waals surface area contributed by atoms with Gasteiger partial charge in [-0.05, 0) is 0 Å². The zero-order valence-electron chi connectivity index (χ0n) is 5.43. The van der Waals surface area contributed by atoms with Crippen LogP contribution in [0.15, 0.2) is 0 Å². The molecule has 0 rings (SSSR count). The smallest absolute Gasteiger partial charge is 1.00 e. The zero-order valence-corrected chi connectivity index (χ0v) is 8.34. The van der Waals surface area contributed by atoms with E-state index in [1.165, 1.54) is 0 Å². The Balaban J connectivity index is -0.000000180. The van der Waals surface area contributed by atoms with E-state index in [1.807, 2.05) is 13.8 Å². The maximum Gasteiger partial charge on any atom is -1.00 e. The Kier molecular flexibility index (Phi) is 29.5. The van der Waals surface area contributed by atoms with Crippen LogP contribution in [0, 0.1) is 0 Å². The molecule has 0 saturated heterocycles. The van der Waals surface area contributed by atoms with Crippen LogP contribution >= 0.6 is 0 Å². The third kappa shape index (κ3) is 17.6. The molecule has 9 heavy (non-hydrogen) atoms. The third-order valence-corrected chi connectivity index (χ3v) is 1.50. The van der Waals surface area contributed by atoms with Crippen LogP contribution in [0.5, 0.6) is 0 Å². The average Bonchev–Trinajstić information content (AvgIpc) is 1.69. The van der Waals surface area contributed by atoms with E-state index < -0.39 is 0 Å². The molecule has 0 amide bonds. The van der Waals surface area contributed by atoms with Gasteiger partial charge in [-0.15, -0.1) is 0 Å². The SMILES string of the molecule is CC[O][V+2][O]CC.[Cl-].[Cl-]. The molecule has 0 heterocycles. The first-order valence-corrected chi connectivity index (χ1v) is 3.50. The molecule has 0 aliphatic rings. The van der Waals surface area contributed by atoms with Crippen molar-refractivity contribution in [3.05, 3.63) is 0 Å². The van der Waals surface area contributed by atoms with E-state index in [-0.39, 0.29) is 41.8 Å². The molecular weight excluding hydrogens is 202 g/mol. The molecule has 0 N–H and O–H groups in total. The fourth-order valence-corrected chi connectivity index (χ4v) is 0.588. The molecule has 2 nitrogen and oxygen atoms in total. The molecule has 0 unspecified atom stereocenters. The van der Waals surface area contributed by atoms with Gasteiger partial charge in [0.1, 0.15) is 0 Å². The van der Waals surface area contributed by atoms with Gasteiger partial charge in [-0.25, -0.2) is 0 Å². The van der Waals surface area contributed by atoms with Crippen molar-refractivity contribution in [2.45, 2.75) is 13.8 Å². The monoisotopic (exact) mass is 211 g/mol. The van der Waals surface area contributed by atoms with Crippen molar-refractivity contribution in [1.29, 1.82) is 0 Å². The second kappa shape index (κ2) is 16.0. The second-order valence-corrected chi connectivity index (χ2v) is 1.95. The van der Waals surface area contributed by atoms with Crippen molar-refractivity contribution in [1.82, 2.24) is 0 Å². The minimum atomic E-state index is -0.255. The molecule has 0 spiro atoms. The summed E-state index contributed by atoms with van der Waals surface area (Å²) in [5, 5.41) is 0. The van der Waals surface area contributed by atoms with Crippen molar-refractivity contribution in [3.8, 4) is 0 Å².